The molecule has 0 unspecified atom stereocenters. The lowest BCUT2D eigenvalue weighted by Gasteiger charge is -2.07. The van der Waals surface area contributed by atoms with Crippen molar-refractivity contribution in [1.29, 1.82) is 5.26 Å². The van der Waals surface area contributed by atoms with Crippen LogP contribution in [0.15, 0.2) is 48.5 Å². The van der Waals surface area contributed by atoms with Gasteiger partial charge in [0.2, 0.25) is 0 Å². The van der Waals surface area contributed by atoms with Crippen LogP contribution >= 0.6 is 0 Å². The van der Waals surface area contributed by atoms with Gasteiger partial charge in [0.25, 0.3) is 0 Å². The van der Waals surface area contributed by atoms with E-state index in [-0.39, 0.29) is 12.6 Å². The normalized spacial score (nSPS) is 10.1. The van der Waals surface area contributed by atoms with Gasteiger partial charge in [-0.2, -0.15) is 10.2 Å². The highest BCUT2D eigenvalue weighted by Crippen LogP contribution is 2.26. The Kier molecular flexibility index (Phi) is 4.81. The molecule has 0 saturated carbocycles. The molecule has 2 aromatic carbocycles. The Morgan fingerprint density at radius 1 is 0.960 bits per heavy atom. The molecule has 3 aromatic rings. The van der Waals surface area contributed by atoms with Crippen LogP contribution in [0, 0.1) is 11.3 Å². The molecule has 0 bridgehead atoms. The van der Waals surface area contributed by atoms with E-state index in [1.807, 2.05) is 54.6 Å². The summed E-state index contributed by atoms with van der Waals surface area (Å²) < 4.78 is 17.3. The van der Waals surface area contributed by atoms with E-state index in [9.17, 15) is 0 Å². The molecule has 25 heavy (non-hydrogen) atoms. The summed E-state index contributed by atoms with van der Waals surface area (Å²) in [5.74, 6) is 2.09. The molecular formula is C18H16N4O3. The standard InChI is InChI=1S/C18H16N4O3/c1-23-15-7-3-13(4-8-15)17-20-18(25-12-11-19)21-22(17)14-5-9-16(24-2)10-6-14/h3-10H,12H2,1-2H3. The minimum absolute atomic E-state index is 0.116. The minimum Gasteiger partial charge on any atom is -0.497 e. The van der Waals surface area contributed by atoms with Gasteiger partial charge in [-0.1, -0.05) is 0 Å². The lowest BCUT2D eigenvalue weighted by molar-refractivity contribution is 0.338. The van der Waals surface area contributed by atoms with Crippen LogP contribution in [0.4, 0.5) is 0 Å². The number of benzene rings is 2. The van der Waals surface area contributed by atoms with Gasteiger partial charge in [-0.25, -0.2) is 4.68 Å². The maximum absolute atomic E-state index is 8.69. The quantitative estimate of drug-likeness (QED) is 0.688. The van der Waals surface area contributed by atoms with Crippen LogP contribution in [0.5, 0.6) is 17.5 Å². The van der Waals surface area contributed by atoms with Crippen molar-refractivity contribution in [1.82, 2.24) is 14.8 Å². The molecule has 0 aliphatic carbocycles. The highest BCUT2D eigenvalue weighted by atomic mass is 16.5. The summed E-state index contributed by atoms with van der Waals surface area (Å²) >= 11 is 0. The zero-order valence-corrected chi connectivity index (χ0v) is 13.8. The third kappa shape index (κ3) is 3.53. The van der Waals surface area contributed by atoms with Crippen molar-refractivity contribution in [3.8, 4) is 40.7 Å². The second-order valence-corrected chi connectivity index (χ2v) is 5.00. The van der Waals surface area contributed by atoms with Gasteiger partial charge in [0.1, 0.15) is 17.6 Å². The Labute approximate surface area is 145 Å². The first-order valence-corrected chi connectivity index (χ1v) is 7.51. The Morgan fingerprint density at radius 3 is 2.12 bits per heavy atom. The zero-order valence-electron chi connectivity index (χ0n) is 13.8. The topological polar surface area (TPSA) is 82.2 Å². The molecule has 7 heteroatoms. The van der Waals surface area contributed by atoms with Crippen LogP contribution in [-0.4, -0.2) is 35.6 Å². The maximum atomic E-state index is 8.69. The number of hydrogen-bond donors (Lipinski definition) is 0. The van der Waals surface area contributed by atoms with Crippen molar-refractivity contribution in [2.75, 3.05) is 20.8 Å². The van der Waals surface area contributed by atoms with E-state index in [0.29, 0.717) is 5.82 Å². The molecule has 0 aliphatic heterocycles. The molecule has 1 aromatic heterocycles. The van der Waals surface area contributed by atoms with E-state index >= 15 is 0 Å². The van der Waals surface area contributed by atoms with Crippen molar-refractivity contribution in [3.05, 3.63) is 48.5 Å². The van der Waals surface area contributed by atoms with E-state index in [1.54, 1.807) is 18.9 Å². The molecule has 0 amide bonds. The first kappa shape index (κ1) is 16.3. The monoisotopic (exact) mass is 336 g/mol. The van der Waals surface area contributed by atoms with E-state index in [0.717, 1.165) is 22.7 Å². The van der Waals surface area contributed by atoms with Crippen molar-refractivity contribution in [2.24, 2.45) is 0 Å². The Bertz CT molecular complexity index is 815. The van der Waals surface area contributed by atoms with Crippen LogP contribution in [0.1, 0.15) is 0 Å². The van der Waals surface area contributed by atoms with Gasteiger partial charge in [-0.05, 0) is 48.5 Å². The predicted octanol–water partition coefficient (Wildman–Crippen LogP) is 2.85. The summed E-state index contributed by atoms with van der Waals surface area (Å²) in [6.07, 6.45) is 0. The van der Waals surface area contributed by atoms with E-state index in [1.165, 1.54) is 0 Å². The van der Waals surface area contributed by atoms with Gasteiger partial charge < -0.3 is 14.2 Å². The molecule has 0 spiro atoms. The first-order chi connectivity index (χ1) is 12.2. The number of methoxy groups -OCH3 is 2. The SMILES string of the molecule is COc1ccc(-c2nc(OCC#N)nn2-c2ccc(OC)cc2)cc1. The second-order valence-electron chi connectivity index (χ2n) is 5.00. The largest absolute Gasteiger partial charge is 0.497 e. The van der Waals surface area contributed by atoms with Gasteiger partial charge in [0, 0.05) is 5.56 Å². The molecule has 0 N–H and O–H groups in total. The summed E-state index contributed by atoms with van der Waals surface area (Å²) in [5.41, 5.74) is 1.64. The predicted molar refractivity (Wildman–Crippen MR) is 91.0 cm³/mol. The molecule has 0 aliphatic rings. The van der Waals surface area contributed by atoms with E-state index < -0.39 is 0 Å². The van der Waals surface area contributed by atoms with Crippen molar-refractivity contribution >= 4 is 0 Å². The van der Waals surface area contributed by atoms with Gasteiger partial charge in [0.15, 0.2) is 12.4 Å². The number of aromatic nitrogens is 3. The van der Waals surface area contributed by atoms with Crippen molar-refractivity contribution in [2.45, 2.75) is 0 Å². The smallest absolute Gasteiger partial charge is 0.337 e. The summed E-state index contributed by atoms with van der Waals surface area (Å²) in [6.45, 7) is -0.116. The molecule has 126 valence electrons. The molecule has 7 nitrogen and oxygen atoms in total. The second kappa shape index (κ2) is 7.36. The first-order valence-electron chi connectivity index (χ1n) is 7.51. The average molecular weight is 336 g/mol. The van der Waals surface area contributed by atoms with Crippen LogP contribution in [0.3, 0.4) is 0 Å². The number of hydrogen-bond acceptors (Lipinski definition) is 6. The molecule has 3 rings (SSSR count). The highest BCUT2D eigenvalue weighted by Gasteiger charge is 2.15. The van der Waals surface area contributed by atoms with Gasteiger partial charge in [-0.3, -0.25) is 0 Å². The lowest BCUT2D eigenvalue weighted by atomic mass is 10.2. The van der Waals surface area contributed by atoms with Crippen LogP contribution < -0.4 is 14.2 Å². The van der Waals surface area contributed by atoms with E-state index in [4.69, 9.17) is 19.5 Å². The van der Waals surface area contributed by atoms with Crippen molar-refractivity contribution in [3.63, 3.8) is 0 Å². The fourth-order valence-corrected chi connectivity index (χ4v) is 2.28. The fraction of sp³-hybridized carbons (Fsp3) is 0.167. The fourth-order valence-electron chi connectivity index (χ4n) is 2.28. The minimum atomic E-state index is -0.116. The Morgan fingerprint density at radius 2 is 1.56 bits per heavy atom. The molecule has 0 atom stereocenters. The molecule has 0 fully saturated rings. The molecule has 0 radical (unpaired) electrons. The van der Waals surface area contributed by atoms with Crippen molar-refractivity contribution < 1.29 is 14.2 Å². The number of nitrogens with zero attached hydrogens (tertiary/aromatic N) is 4. The Hall–Kier alpha value is -3.53. The number of rotatable bonds is 6. The number of nitriles is 1. The van der Waals surface area contributed by atoms with Gasteiger partial charge in [-0.15, -0.1) is 5.10 Å². The summed E-state index contributed by atoms with van der Waals surface area (Å²) in [4.78, 5) is 4.40. The molecule has 1 heterocycles. The average Bonchev–Trinajstić information content (AvgIpc) is 3.10. The third-order valence-electron chi connectivity index (χ3n) is 3.52. The zero-order chi connectivity index (χ0) is 17.6. The lowest BCUT2D eigenvalue weighted by Crippen LogP contribution is -2.00. The van der Waals surface area contributed by atoms with Crippen LogP contribution in [-0.2, 0) is 0 Å². The third-order valence-corrected chi connectivity index (χ3v) is 3.52. The van der Waals surface area contributed by atoms with Gasteiger partial charge in [0.05, 0.1) is 19.9 Å². The van der Waals surface area contributed by atoms with E-state index in [2.05, 4.69) is 10.1 Å². The molecule has 0 saturated heterocycles. The van der Waals surface area contributed by atoms with Gasteiger partial charge >= 0.3 is 6.01 Å². The maximum Gasteiger partial charge on any atom is 0.337 e. The number of ether oxygens (including phenoxy) is 3. The van der Waals surface area contributed by atoms with Crippen LogP contribution in [0.25, 0.3) is 17.1 Å². The Balaban J connectivity index is 2.04. The summed E-state index contributed by atoms with van der Waals surface area (Å²) in [6, 6.07) is 16.9. The summed E-state index contributed by atoms with van der Waals surface area (Å²) in [7, 11) is 3.23. The van der Waals surface area contributed by atoms with Crippen LogP contribution in [0.2, 0.25) is 0 Å². The highest BCUT2D eigenvalue weighted by molar-refractivity contribution is 5.59. The summed E-state index contributed by atoms with van der Waals surface area (Å²) in [5, 5.41) is 13.0. The molecular weight excluding hydrogens is 320 g/mol.